The van der Waals surface area contributed by atoms with Gasteiger partial charge in [-0.2, -0.15) is 0 Å². The largest absolute Gasteiger partial charge is 0.548 e. The number of cyclic esters (lactones) is 1. The summed E-state index contributed by atoms with van der Waals surface area (Å²) in [5.41, 5.74) is -0.525. The van der Waals surface area contributed by atoms with Crippen molar-refractivity contribution in [1.29, 1.82) is 0 Å². The maximum absolute atomic E-state index is 13.1. The van der Waals surface area contributed by atoms with E-state index >= 15 is 0 Å². The molecule has 1 aromatic rings. The van der Waals surface area contributed by atoms with E-state index in [1.165, 1.54) is 0 Å². The van der Waals surface area contributed by atoms with Gasteiger partial charge in [-0.05, 0) is 37.7 Å². The summed E-state index contributed by atoms with van der Waals surface area (Å²) in [6.07, 6.45) is 3.18. The van der Waals surface area contributed by atoms with Crippen molar-refractivity contribution < 1.29 is 18.7 Å². The number of benzene rings is 1. The Balaban J connectivity index is 2.00. The third-order valence-corrected chi connectivity index (χ3v) is 5.64. The molecule has 1 aromatic carbocycles. The summed E-state index contributed by atoms with van der Waals surface area (Å²) < 4.78 is 18.3. The molecule has 0 aromatic heterocycles. The van der Waals surface area contributed by atoms with E-state index < -0.39 is 20.2 Å². The zero-order valence-electron chi connectivity index (χ0n) is 16.7. The van der Waals surface area contributed by atoms with Crippen LogP contribution >= 0.6 is 0 Å². The van der Waals surface area contributed by atoms with Crippen molar-refractivity contribution >= 4 is 14.3 Å². The molecule has 0 amide bonds. The molecule has 1 saturated heterocycles. The predicted octanol–water partition coefficient (Wildman–Crippen LogP) is 4.97. The molecule has 0 bridgehead atoms. The van der Waals surface area contributed by atoms with Crippen molar-refractivity contribution in [2.75, 3.05) is 0 Å². The van der Waals surface area contributed by atoms with Crippen LogP contribution in [0.4, 0.5) is 0 Å². The first-order chi connectivity index (χ1) is 12.0. The summed E-state index contributed by atoms with van der Waals surface area (Å²) in [4.78, 5) is 13.1. The molecule has 0 N–H and O–H groups in total. The fourth-order valence-electron chi connectivity index (χ4n) is 3.59. The number of carbonyl (C=O) groups is 1. The Bertz CT molecular complexity index is 699. The number of rotatable bonds is 4. The SMILES string of the molecule is CC(C)(C)[C@H]1OC(=O)[C@](c2ccccc2)(C2C=C(O[Si](C)(C)C)CC2)O1. The molecule has 1 fully saturated rings. The lowest BCUT2D eigenvalue weighted by molar-refractivity contribution is -0.159. The average molecular weight is 375 g/mol. The van der Waals surface area contributed by atoms with E-state index in [0.29, 0.717) is 0 Å². The van der Waals surface area contributed by atoms with Crippen LogP contribution < -0.4 is 0 Å². The van der Waals surface area contributed by atoms with Gasteiger partial charge in [-0.15, -0.1) is 0 Å². The molecular formula is C21H30O4Si. The van der Waals surface area contributed by atoms with Crippen LogP contribution in [0.5, 0.6) is 0 Å². The highest BCUT2D eigenvalue weighted by Gasteiger charge is 2.59. The smallest absolute Gasteiger partial charge is 0.346 e. The van der Waals surface area contributed by atoms with Crippen LogP contribution in [-0.2, 0) is 24.3 Å². The Hall–Kier alpha value is -1.59. The standard InChI is InChI=1S/C21H30O4Si/c1-20(2,3)19-23-18(22)21(24-19,15-10-8-7-9-11-15)16-12-13-17(14-16)25-26(4,5)6/h7-11,14,16,19H,12-13H2,1-6H3/t16?,19-,21-/m0/s1. The second-order valence-corrected chi connectivity index (χ2v) is 13.7. The second kappa shape index (κ2) is 6.53. The van der Waals surface area contributed by atoms with Crippen molar-refractivity contribution in [3.63, 3.8) is 0 Å². The molecule has 2 aliphatic rings. The molecule has 26 heavy (non-hydrogen) atoms. The molecule has 3 rings (SSSR count). The summed E-state index contributed by atoms with van der Waals surface area (Å²) in [5, 5.41) is 0. The number of esters is 1. The Morgan fingerprint density at radius 2 is 1.81 bits per heavy atom. The molecule has 4 nitrogen and oxygen atoms in total. The van der Waals surface area contributed by atoms with E-state index in [0.717, 1.165) is 24.2 Å². The topological polar surface area (TPSA) is 44.8 Å². The highest BCUT2D eigenvalue weighted by atomic mass is 28.4. The van der Waals surface area contributed by atoms with Gasteiger partial charge in [0.25, 0.3) is 0 Å². The minimum absolute atomic E-state index is 0.0869. The lowest BCUT2D eigenvalue weighted by atomic mass is 9.80. The van der Waals surface area contributed by atoms with E-state index in [2.05, 4.69) is 25.7 Å². The van der Waals surface area contributed by atoms with Crippen LogP contribution in [0.3, 0.4) is 0 Å². The van der Waals surface area contributed by atoms with Crippen molar-refractivity contribution in [3.05, 3.63) is 47.7 Å². The first-order valence-electron chi connectivity index (χ1n) is 9.36. The number of allylic oxidation sites excluding steroid dienone is 1. The van der Waals surface area contributed by atoms with Crippen LogP contribution in [0.2, 0.25) is 19.6 Å². The molecule has 0 spiro atoms. The molecule has 1 heterocycles. The molecule has 1 unspecified atom stereocenters. The van der Waals surface area contributed by atoms with Crippen molar-refractivity contribution in [2.24, 2.45) is 11.3 Å². The van der Waals surface area contributed by atoms with Gasteiger partial charge in [0.15, 0.2) is 0 Å². The molecule has 0 radical (unpaired) electrons. The van der Waals surface area contributed by atoms with Gasteiger partial charge in [-0.25, -0.2) is 4.79 Å². The van der Waals surface area contributed by atoms with Gasteiger partial charge in [-0.1, -0.05) is 51.1 Å². The quantitative estimate of drug-likeness (QED) is 0.551. The zero-order valence-corrected chi connectivity index (χ0v) is 17.7. The minimum Gasteiger partial charge on any atom is -0.548 e. The van der Waals surface area contributed by atoms with Crippen molar-refractivity contribution in [2.45, 2.75) is 65.1 Å². The van der Waals surface area contributed by atoms with E-state index in [4.69, 9.17) is 13.9 Å². The molecule has 5 heteroatoms. The zero-order chi connectivity index (χ0) is 19.2. The monoisotopic (exact) mass is 374 g/mol. The van der Waals surface area contributed by atoms with Crippen LogP contribution in [-0.4, -0.2) is 20.6 Å². The molecule has 3 atom stereocenters. The lowest BCUT2D eigenvalue weighted by Crippen LogP contribution is -2.41. The van der Waals surface area contributed by atoms with Crippen LogP contribution in [0.1, 0.15) is 39.2 Å². The van der Waals surface area contributed by atoms with Gasteiger partial charge >= 0.3 is 5.97 Å². The first-order valence-corrected chi connectivity index (χ1v) is 12.8. The van der Waals surface area contributed by atoms with Gasteiger partial charge in [-0.3, -0.25) is 0 Å². The predicted molar refractivity (Wildman–Crippen MR) is 104 cm³/mol. The first kappa shape index (κ1) is 19.2. The van der Waals surface area contributed by atoms with E-state index in [1.54, 1.807) is 0 Å². The second-order valence-electron chi connectivity index (χ2n) is 9.32. The normalized spacial score (nSPS) is 29.5. The average Bonchev–Trinajstić information content (AvgIpc) is 3.11. The minimum atomic E-state index is -1.68. The fraction of sp³-hybridized carbons (Fsp3) is 0.571. The number of carbonyl (C=O) groups excluding carboxylic acids is 1. The summed E-state index contributed by atoms with van der Waals surface area (Å²) in [7, 11) is -1.68. The Labute approximate surface area is 157 Å². The van der Waals surface area contributed by atoms with Gasteiger partial charge in [0.05, 0.1) is 5.76 Å². The van der Waals surface area contributed by atoms with E-state index in [9.17, 15) is 4.79 Å². The van der Waals surface area contributed by atoms with Crippen molar-refractivity contribution in [3.8, 4) is 0 Å². The highest BCUT2D eigenvalue weighted by molar-refractivity contribution is 6.70. The highest BCUT2D eigenvalue weighted by Crippen LogP contribution is 2.49. The van der Waals surface area contributed by atoms with Crippen LogP contribution in [0.25, 0.3) is 0 Å². The summed E-state index contributed by atoms with van der Waals surface area (Å²) in [6.45, 7) is 12.6. The van der Waals surface area contributed by atoms with Crippen LogP contribution in [0, 0.1) is 11.3 Å². The van der Waals surface area contributed by atoms with Crippen molar-refractivity contribution in [1.82, 2.24) is 0 Å². The third-order valence-electron chi connectivity index (χ3n) is 4.77. The van der Waals surface area contributed by atoms with Gasteiger partial charge in [0.2, 0.25) is 20.2 Å². The van der Waals surface area contributed by atoms with E-state index in [-0.39, 0.29) is 17.3 Å². The van der Waals surface area contributed by atoms with Gasteiger partial charge in [0, 0.05) is 17.8 Å². The molecule has 1 aliphatic heterocycles. The summed E-state index contributed by atoms with van der Waals surface area (Å²) >= 11 is 0. The van der Waals surface area contributed by atoms with Gasteiger partial charge in [0.1, 0.15) is 0 Å². The van der Waals surface area contributed by atoms with E-state index in [1.807, 2.05) is 51.1 Å². The number of hydrogen-bond donors (Lipinski definition) is 0. The molecule has 1 aliphatic carbocycles. The van der Waals surface area contributed by atoms with Gasteiger partial charge < -0.3 is 13.9 Å². The number of hydrogen-bond acceptors (Lipinski definition) is 4. The Morgan fingerprint density at radius 1 is 1.15 bits per heavy atom. The Kier molecular flexibility index (Phi) is 4.82. The summed E-state index contributed by atoms with van der Waals surface area (Å²) in [6, 6.07) is 9.74. The Morgan fingerprint density at radius 3 is 2.35 bits per heavy atom. The molecule has 0 saturated carbocycles. The lowest BCUT2D eigenvalue weighted by Gasteiger charge is -2.32. The molecule has 142 valence electrons. The maximum Gasteiger partial charge on any atom is 0.346 e. The third kappa shape index (κ3) is 3.60. The molecular weight excluding hydrogens is 344 g/mol. The maximum atomic E-state index is 13.1. The summed E-state index contributed by atoms with van der Waals surface area (Å²) in [5.74, 6) is 0.607. The van der Waals surface area contributed by atoms with Crippen LogP contribution in [0.15, 0.2) is 42.2 Å². The number of ether oxygens (including phenoxy) is 2. The fourth-order valence-corrected chi connectivity index (χ4v) is 4.55.